The molecule has 2 aromatic carbocycles. The van der Waals surface area contributed by atoms with Gasteiger partial charge in [0.1, 0.15) is 5.82 Å². The van der Waals surface area contributed by atoms with Crippen molar-refractivity contribution in [3.63, 3.8) is 0 Å². The third-order valence-corrected chi connectivity index (χ3v) is 2.82. The molecule has 0 aliphatic heterocycles. The van der Waals surface area contributed by atoms with Crippen LogP contribution in [0.4, 0.5) is 10.1 Å². The van der Waals surface area contributed by atoms with Gasteiger partial charge >= 0.3 is 5.97 Å². The molecule has 0 heterocycles. The number of benzene rings is 2. The van der Waals surface area contributed by atoms with Crippen LogP contribution in [0.1, 0.15) is 15.9 Å². The molecule has 1 N–H and O–H groups in total. The summed E-state index contributed by atoms with van der Waals surface area (Å²) in [6, 6.07) is 11.9. The van der Waals surface area contributed by atoms with E-state index >= 15 is 0 Å². The van der Waals surface area contributed by atoms with Gasteiger partial charge in [-0.15, -0.1) is 0 Å². The van der Waals surface area contributed by atoms with Crippen LogP contribution in [0.3, 0.4) is 0 Å². The van der Waals surface area contributed by atoms with Crippen molar-refractivity contribution in [2.45, 2.75) is 6.54 Å². The molecule has 20 heavy (non-hydrogen) atoms. The number of carboxylic acids is 1. The van der Waals surface area contributed by atoms with Crippen molar-refractivity contribution < 1.29 is 19.1 Å². The summed E-state index contributed by atoms with van der Waals surface area (Å²) in [7, 11) is 0. The van der Waals surface area contributed by atoms with Gasteiger partial charge in [0, 0.05) is 5.69 Å². The first kappa shape index (κ1) is 13.7. The lowest BCUT2D eigenvalue weighted by Crippen LogP contribution is -2.20. The van der Waals surface area contributed by atoms with Crippen LogP contribution >= 0.6 is 0 Å². The standard InChI is InChI=1S/C15H12FNO3/c16-13-2-1-3-14(8-13)17(10-18)9-11-4-6-12(7-5-11)15(19)20/h1-8,10H,9H2,(H,19,20). The first-order chi connectivity index (χ1) is 9.60. The molecule has 102 valence electrons. The molecule has 1 amide bonds. The first-order valence-electron chi connectivity index (χ1n) is 5.90. The number of carbonyl (C=O) groups excluding carboxylic acids is 1. The Morgan fingerprint density at radius 2 is 1.90 bits per heavy atom. The van der Waals surface area contributed by atoms with E-state index in [-0.39, 0.29) is 12.1 Å². The monoisotopic (exact) mass is 273 g/mol. The Labute approximate surface area is 115 Å². The number of hydrogen-bond acceptors (Lipinski definition) is 2. The summed E-state index contributed by atoms with van der Waals surface area (Å²) in [6.45, 7) is 0.243. The van der Waals surface area contributed by atoms with Crippen molar-refractivity contribution in [2.75, 3.05) is 4.90 Å². The number of aromatic carboxylic acids is 1. The van der Waals surface area contributed by atoms with Crippen molar-refractivity contribution in [3.8, 4) is 0 Å². The molecule has 0 atom stereocenters. The zero-order valence-electron chi connectivity index (χ0n) is 10.5. The maximum atomic E-state index is 13.1. The zero-order valence-corrected chi connectivity index (χ0v) is 10.5. The molecule has 2 rings (SSSR count). The van der Waals surface area contributed by atoms with E-state index in [9.17, 15) is 14.0 Å². The van der Waals surface area contributed by atoms with Crippen LogP contribution in [-0.2, 0) is 11.3 Å². The van der Waals surface area contributed by atoms with Crippen molar-refractivity contribution >= 4 is 18.1 Å². The SMILES string of the molecule is O=CN(Cc1ccc(C(=O)O)cc1)c1cccc(F)c1. The van der Waals surface area contributed by atoms with Crippen molar-refractivity contribution in [1.82, 2.24) is 0 Å². The Kier molecular flexibility index (Phi) is 4.10. The van der Waals surface area contributed by atoms with Gasteiger partial charge in [0.05, 0.1) is 12.1 Å². The number of anilines is 1. The molecule has 0 saturated carbocycles. The number of carbonyl (C=O) groups is 2. The largest absolute Gasteiger partial charge is 0.478 e. The van der Waals surface area contributed by atoms with E-state index in [0.29, 0.717) is 12.1 Å². The van der Waals surface area contributed by atoms with Crippen LogP contribution in [-0.4, -0.2) is 17.5 Å². The number of rotatable bonds is 5. The molecule has 0 aliphatic carbocycles. The fraction of sp³-hybridized carbons (Fsp3) is 0.0667. The molecular formula is C15H12FNO3. The number of carboxylic acid groups (broad SMARTS) is 1. The smallest absolute Gasteiger partial charge is 0.335 e. The summed E-state index contributed by atoms with van der Waals surface area (Å²) in [5.41, 5.74) is 1.38. The summed E-state index contributed by atoms with van der Waals surface area (Å²) in [5.74, 6) is -1.43. The molecule has 0 bridgehead atoms. The summed E-state index contributed by atoms with van der Waals surface area (Å²) < 4.78 is 13.1. The van der Waals surface area contributed by atoms with Gasteiger partial charge in [-0.2, -0.15) is 0 Å². The second-order valence-electron chi connectivity index (χ2n) is 4.22. The normalized spacial score (nSPS) is 10.1. The van der Waals surface area contributed by atoms with Gasteiger partial charge in [0.2, 0.25) is 6.41 Å². The van der Waals surface area contributed by atoms with Crippen LogP contribution in [0.25, 0.3) is 0 Å². The van der Waals surface area contributed by atoms with Gasteiger partial charge in [-0.3, -0.25) is 4.79 Å². The van der Waals surface area contributed by atoms with Crippen LogP contribution in [0.2, 0.25) is 0 Å². The summed E-state index contributed by atoms with van der Waals surface area (Å²) in [4.78, 5) is 23.2. The number of halogens is 1. The lowest BCUT2D eigenvalue weighted by Gasteiger charge is -2.17. The summed E-state index contributed by atoms with van der Waals surface area (Å²) in [6.07, 6.45) is 0.611. The van der Waals surface area contributed by atoms with Gasteiger partial charge in [0.15, 0.2) is 0 Å². The van der Waals surface area contributed by atoms with Gasteiger partial charge in [-0.1, -0.05) is 18.2 Å². The lowest BCUT2D eigenvalue weighted by atomic mass is 10.1. The molecule has 0 unspecified atom stereocenters. The Morgan fingerprint density at radius 1 is 1.20 bits per heavy atom. The minimum atomic E-state index is -1.01. The molecule has 0 aliphatic rings. The predicted octanol–water partition coefficient (Wildman–Crippen LogP) is 2.69. The highest BCUT2D eigenvalue weighted by Gasteiger charge is 2.08. The molecule has 0 aromatic heterocycles. The lowest BCUT2D eigenvalue weighted by molar-refractivity contribution is -0.107. The molecule has 4 nitrogen and oxygen atoms in total. The average Bonchev–Trinajstić information content (AvgIpc) is 2.45. The number of amides is 1. The Bertz CT molecular complexity index is 625. The molecule has 0 spiro atoms. The van der Waals surface area contributed by atoms with E-state index in [0.717, 1.165) is 5.56 Å². The van der Waals surface area contributed by atoms with Crippen LogP contribution < -0.4 is 4.90 Å². The Balaban J connectivity index is 2.18. The van der Waals surface area contributed by atoms with E-state index in [4.69, 9.17) is 5.11 Å². The minimum absolute atomic E-state index is 0.178. The fourth-order valence-electron chi connectivity index (χ4n) is 1.79. The Hall–Kier alpha value is -2.69. The van der Waals surface area contributed by atoms with Crippen molar-refractivity contribution in [1.29, 1.82) is 0 Å². The van der Waals surface area contributed by atoms with E-state index < -0.39 is 11.8 Å². The van der Waals surface area contributed by atoms with E-state index in [1.807, 2.05) is 0 Å². The third kappa shape index (κ3) is 3.20. The van der Waals surface area contributed by atoms with Gasteiger partial charge in [0.25, 0.3) is 0 Å². The Morgan fingerprint density at radius 3 is 2.45 bits per heavy atom. The molecule has 0 fully saturated rings. The summed E-state index contributed by atoms with van der Waals surface area (Å²) in [5, 5.41) is 8.80. The fourth-order valence-corrected chi connectivity index (χ4v) is 1.79. The molecule has 5 heteroatoms. The average molecular weight is 273 g/mol. The highest BCUT2D eigenvalue weighted by molar-refractivity contribution is 5.87. The zero-order chi connectivity index (χ0) is 14.5. The van der Waals surface area contributed by atoms with E-state index in [1.54, 1.807) is 18.2 Å². The highest BCUT2D eigenvalue weighted by atomic mass is 19.1. The van der Waals surface area contributed by atoms with Gasteiger partial charge in [-0.05, 0) is 35.9 Å². The topological polar surface area (TPSA) is 57.6 Å². The number of hydrogen-bond donors (Lipinski definition) is 1. The maximum absolute atomic E-state index is 13.1. The van der Waals surface area contributed by atoms with Crippen LogP contribution in [0, 0.1) is 5.82 Å². The highest BCUT2D eigenvalue weighted by Crippen LogP contribution is 2.17. The van der Waals surface area contributed by atoms with E-state index in [2.05, 4.69) is 0 Å². The first-order valence-corrected chi connectivity index (χ1v) is 5.90. The van der Waals surface area contributed by atoms with Crippen LogP contribution in [0.15, 0.2) is 48.5 Å². The molecule has 0 saturated heterocycles. The van der Waals surface area contributed by atoms with Crippen molar-refractivity contribution in [3.05, 3.63) is 65.5 Å². The predicted molar refractivity (Wildman–Crippen MR) is 72.0 cm³/mol. The second-order valence-corrected chi connectivity index (χ2v) is 4.22. The van der Waals surface area contributed by atoms with Gasteiger partial charge < -0.3 is 10.0 Å². The van der Waals surface area contributed by atoms with E-state index in [1.165, 1.54) is 35.2 Å². The maximum Gasteiger partial charge on any atom is 0.335 e. The quantitative estimate of drug-likeness (QED) is 0.852. The summed E-state index contributed by atoms with van der Waals surface area (Å²) >= 11 is 0. The molecule has 2 aromatic rings. The van der Waals surface area contributed by atoms with Crippen molar-refractivity contribution in [2.24, 2.45) is 0 Å². The number of nitrogens with zero attached hydrogens (tertiary/aromatic N) is 1. The van der Waals surface area contributed by atoms with Crippen LogP contribution in [0.5, 0.6) is 0 Å². The molecular weight excluding hydrogens is 261 g/mol. The van der Waals surface area contributed by atoms with Gasteiger partial charge in [-0.25, -0.2) is 9.18 Å². The third-order valence-electron chi connectivity index (χ3n) is 2.82. The molecule has 0 radical (unpaired) electrons. The second kappa shape index (κ2) is 5.97. The minimum Gasteiger partial charge on any atom is -0.478 e.